The van der Waals surface area contributed by atoms with Crippen molar-refractivity contribution in [3.8, 4) is 0 Å². The van der Waals surface area contributed by atoms with Crippen molar-refractivity contribution in [2.24, 2.45) is 5.92 Å². The highest BCUT2D eigenvalue weighted by atomic mass is 79.9. The molecule has 2 amide bonds. The molecule has 0 aliphatic carbocycles. The van der Waals surface area contributed by atoms with E-state index in [1.54, 1.807) is 43.7 Å². The van der Waals surface area contributed by atoms with E-state index in [2.05, 4.69) is 15.9 Å². The fourth-order valence-electron chi connectivity index (χ4n) is 1.94. The van der Waals surface area contributed by atoms with E-state index in [1.807, 2.05) is 0 Å². The number of rotatable bonds is 6. The van der Waals surface area contributed by atoms with E-state index in [0.717, 1.165) is 4.47 Å². The molecule has 2 unspecified atom stereocenters. The SMILES string of the molecule is CC(CC(CO)N(C)C(=O)c1ccc(Br)cc1)C(=O)NO. The molecule has 0 spiro atoms. The van der Waals surface area contributed by atoms with E-state index < -0.39 is 17.9 Å². The summed E-state index contributed by atoms with van der Waals surface area (Å²) in [5, 5.41) is 18.0. The average Bonchev–Trinajstić information content (AvgIpc) is 2.50. The van der Waals surface area contributed by atoms with Crippen LogP contribution in [0.1, 0.15) is 23.7 Å². The van der Waals surface area contributed by atoms with Crippen molar-refractivity contribution in [1.29, 1.82) is 0 Å². The van der Waals surface area contributed by atoms with Gasteiger partial charge in [0.15, 0.2) is 0 Å². The third kappa shape index (κ3) is 4.80. The van der Waals surface area contributed by atoms with Crippen LogP contribution < -0.4 is 5.48 Å². The van der Waals surface area contributed by atoms with Gasteiger partial charge in [0.1, 0.15) is 0 Å². The normalized spacial score (nSPS) is 13.4. The molecule has 0 bridgehead atoms. The number of hydroxylamine groups is 1. The van der Waals surface area contributed by atoms with Crippen LogP contribution in [-0.2, 0) is 4.79 Å². The maximum absolute atomic E-state index is 12.3. The molecule has 0 aliphatic heterocycles. The van der Waals surface area contributed by atoms with Gasteiger partial charge in [0.2, 0.25) is 5.91 Å². The number of nitrogens with one attached hydrogen (secondary N) is 1. The summed E-state index contributed by atoms with van der Waals surface area (Å²) in [6.45, 7) is 1.36. The Labute approximate surface area is 131 Å². The van der Waals surface area contributed by atoms with E-state index in [4.69, 9.17) is 5.21 Å². The number of hydrogen-bond donors (Lipinski definition) is 3. The van der Waals surface area contributed by atoms with Gasteiger partial charge in [-0.1, -0.05) is 22.9 Å². The van der Waals surface area contributed by atoms with Crippen molar-refractivity contribution < 1.29 is 19.9 Å². The summed E-state index contributed by atoms with van der Waals surface area (Å²) in [6, 6.07) is 6.38. The van der Waals surface area contributed by atoms with Gasteiger partial charge in [-0.2, -0.15) is 0 Å². The highest BCUT2D eigenvalue weighted by molar-refractivity contribution is 9.10. The molecule has 1 rings (SSSR count). The third-order valence-corrected chi connectivity index (χ3v) is 3.88. The van der Waals surface area contributed by atoms with Crippen molar-refractivity contribution in [2.75, 3.05) is 13.7 Å². The zero-order valence-corrected chi connectivity index (χ0v) is 13.5. The van der Waals surface area contributed by atoms with Gasteiger partial charge >= 0.3 is 0 Å². The fraction of sp³-hybridized carbons (Fsp3) is 0.429. The van der Waals surface area contributed by atoms with Crippen molar-refractivity contribution in [2.45, 2.75) is 19.4 Å². The predicted molar refractivity (Wildman–Crippen MR) is 80.8 cm³/mol. The van der Waals surface area contributed by atoms with E-state index >= 15 is 0 Å². The Balaban J connectivity index is 2.78. The standard InChI is InChI=1S/C14H19BrN2O4/c1-9(13(19)16-21)7-12(8-18)17(2)14(20)10-3-5-11(15)6-4-10/h3-6,9,12,18,21H,7-8H2,1-2H3,(H,16,19). The summed E-state index contributed by atoms with van der Waals surface area (Å²) < 4.78 is 0.869. The number of nitrogens with zero attached hydrogens (tertiary/aromatic N) is 1. The number of likely N-dealkylation sites (N-methyl/N-ethyl adjacent to an activating group) is 1. The number of aliphatic hydroxyl groups is 1. The van der Waals surface area contributed by atoms with E-state index in [9.17, 15) is 14.7 Å². The lowest BCUT2D eigenvalue weighted by Crippen LogP contribution is -2.42. The molecule has 2 atom stereocenters. The number of carbonyl (C=O) groups is 2. The average molecular weight is 359 g/mol. The molecule has 21 heavy (non-hydrogen) atoms. The number of hydrogen-bond acceptors (Lipinski definition) is 4. The quantitative estimate of drug-likeness (QED) is 0.529. The van der Waals surface area contributed by atoms with Crippen LogP contribution in [0.5, 0.6) is 0 Å². The molecule has 116 valence electrons. The summed E-state index contributed by atoms with van der Waals surface area (Å²) in [6.07, 6.45) is 0.252. The Morgan fingerprint density at radius 1 is 1.33 bits per heavy atom. The van der Waals surface area contributed by atoms with Crippen LogP contribution in [0, 0.1) is 5.92 Å². The minimum Gasteiger partial charge on any atom is -0.394 e. The number of halogens is 1. The Morgan fingerprint density at radius 3 is 2.38 bits per heavy atom. The molecule has 0 radical (unpaired) electrons. The van der Waals surface area contributed by atoms with Crippen LogP contribution in [-0.4, -0.2) is 46.7 Å². The summed E-state index contributed by atoms with van der Waals surface area (Å²) in [5.74, 6) is -1.30. The number of benzene rings is 1. The van der Waals surface area contributed by atoms with Crippen LogP contribution in [0.25, 0.3) is 0 Å². The van der Waals surface area contributed by atoms with Gasteiger partial charge < -0.3 is 10.0 Å². The number of aliphatic hydroxyl groups excluding tert-OH is 1. The van der Waals surface area contributed by atoms with Gasteiger partial charge in [-0.25, -0.2) is 5.48 Å². The Bertz CT molecular complexity index is 492. The number of carbonyl (C=O) groups excluding carboxylic acids is 2. The maximum atomic E-state index is 12.3. The molecule has 6 nitrogen and oxygen atoms in total. The second-order valence-corrected chi connectivity index (χ2v) is 5.79. The summed E-state index contributed by atoms with van der Waals surface area (Å²) >= 11 is 3.30. The van der Waals surface area contributed by atoms with Gasteiger partial charge in [-0.15, -0.1) is 0 Å². The Hall–Kier alpha value is -1.44. The van der Waals surface area contributed by atoms with Crippen LogP contribution >= 0.6 is 15.9 Å². The fourth-order valence-corrected chi connectivity index (χ4v) is 2.21. The monoisotopic (exact) mass is 358 g/mol. The Morgan fingerprint density at radius 2 is 1.90 bits per heavy atom. The maximum Gasteiger partial charge on any atom is 0.253 e. The zero-order chi connectivity index (χ0) is 16.0. The first kappa shape index (κ1) is 17.6. The van der Waals surface area contributed by atoms with Gasteiger partial charge in [0.05, 0.1) is 12.6 Å². The highest BCUT2D eigenvalue weighted by Crippen LogP contribution is 2.16. The van der Waals surface area contributed by atoms with Crippen molar-refractivity contribution in [3.05, 3.63) is 34.3 Å². The van der Waals surface area contributed by atoms with Gasteiger partial charge in [0, 0.05) is 23.0 Å². The van der Waals surface area contributed by atoms with Gasteiger partial charge in [0.25, 0.3) is 5.91 Å². The van der Waals surface area contributed by atoms with Gasteiger partial charge in [-0.05, 0) is 30.7 Å². The molecule has 0 saturated heterocycles. The van der Waals surface area contributed by atoms with Crippen molar-refractivity contribution in [1.82, 2.24) is 10.4 Å². The van der Waals surface area contributed by atoms with Gasteiger partial charge in [-0.3, -0.25) is 14.8 Å². The van der Waals surface area contributed by atoms with Crippen molar-refractivity contribution in [3.63, 3.8) is 0 Å². The van der Waals surface area contributed by atoms with E-state index in [0.29, 0.717) is 5.56 Å². The van der Waals surface area contributed by atoms with Crippen LogP contribution in [0.15, 0.2) is 28.7 Å². The lowest BCUT2D eigenvalue weighted by atomic mass is 10.00. The molecule has 7 heteroatoms. The van der Waals surface area contributed by atoms with Crippen LogP contribution in [0.3, 0.4) is 0 Å². The zero-order valence-electron chi connectivity index (χ0n) is 11.9. The lowest BCUT2D eigenvalue weighted by molar-refractivity contribution is -0.133. The molecular formula is C14H19BrN2O4. The molecule has 0 saturated carbocycles. The summed E-state index contributed by atoms with van der Waals surface area (Å²) in [7, 11) is 1.58. The molecule has 0 heterocycles. The molecule has 3 N–H and O–H groups in total. The molecule has 1 aromatic rings. The second-order valence-electron chi connectivity index (χ2n) is 4.87. The highest BCUT2D eigenvalue weighted by Gasteiger charge is 2.25. The molecule has 0 fully saturated rings. The predicted octanol–water partition coefficient (Wildman–Crippen LogP) is 1.41. The lowest BCUT2D eigenvalue weighted by Gasteiger charge is -2.28. The first-order valence-corrected chi connectivity index (χ1v) is 7.27. The Kier molecular flexibility index (Phi) is 6.80. The first-order chi connectivity index (χ1) is 9.90. The third-order valence-electron chi connectivity index (χ3n) is 3.35. The second kappa shape index (κ2) is 8.11. The largest absolute Gasteiger partial charge is 0.394 e. The topological polar surface area (TPSA) is 89.9 Å². The number of amides is 2. The summed E-state index contributed by atoms with van der Waals surface area (Å²) in [4.78, 5) is 25.0. The molecule has 0 aliphatic rings. The van der Waals surface area contributed by atoms with E-state index in [1.165, 1.54) is 4.90 Å². The first-order valence-electron chi connectivity index (χ1n) is 6.48. The molecular weight excluding hydrogens is 340 g/mol. The van der Waals surface area contributed by atoms with Crippen LogP contribution in [0.2, 0.25) is 0 Å². The minimum atomic E-state index is -0.544. The van der Waals surface area contributed by atoms with E-state index in [-0.39, 0.29) is 18.9 Å². The smallest absolute Gasteiger partial charge is 0.253 e. The van der Waals surface area contributed by atoms with Crippen LogP contribution in [0.4, 0.5) is 0 Å². The van der Waals surface area contributed by atoms with Crippen molar-refractivity contribution >= 4 is 27.7 Å². The summed E-state index contributed by atoms with van der Waals surface area (Å²) in [5.41, 5.74) is 2.07. The molecule has 1 aromatic carbocycles. The molecule has 0 aromatic heterocycles. The minimum absolute atomic E-state index is 0.238.